The van der Waals surface area contributed by atoms with Crippen molar-refractivity contribution < 1.29 is 4.79 Å². The Kier molecular flexibility index (Phi) is 4.58. The minimum absolute atomic E-state index is 0.607. The summed E-state index contributed by atoms with van der Waals surface area (Å²) >= 11 is 0. The van der Waals surface area contributed by atoms with E-state index in [2.05, 4.69) is 5.32 Å². The molecule has 2 nitrogen and oxygen atoms in total. The summed E-state index contributed by atoms with van der Waals surface area (Å²) in [6.07, 6.45) is 10.2. The Bertz CT molecular complexity index is 181. The molecule has 1 fully saturated rings. The number of carbonyl (C=O) groups excluding carboxylic acids is 1. The van der Waals surface area contributed by atoms with Gasteiger partial charge in [0, 0.05) is 17.8 Å². The summed E-state index contributed by atoms with van der Waals surface area (Å²) in [5.74, 6) is 0. The summed E-state index contributed by atoms with van der Waals surface area (Å²) in [6, 6.07) is 0.607. The van der Waals surface area contributed by atoms with Crippen LogP contribution in [0.1, 0.15) is 45.4 Å². The highest BCUT2D eigenvalue weighted by molar-refractivity contribution is 5.72. The van der Waals surface area contributed by atoms with Gasteiger partial charge in [-0.1, -0.05) is 26.2 Å². The molecule has 1 aliphatic rings. The highest BCUT2D eigenvalue weighted by Crippen LogP contribution is 2.17. The van der Waals surface area contributed by atoms with E-state index in [0.29, 0.717) is 6.04 Å². The van der Waals surface area contributed by atoms with Gasteiger partial charge >= 0.3 is 0 Å². The molecule has 0 bridgehead atoms. The maximum Gasteiger partial charge on any atom is 0.147 e. The van der Waals surface area contributed by atoms with Crippen molar-refractivity contribution in [1.82, 2.24) is 5.32 Å². The first-order valence-corrected chi connectivity index (χ1v) is 5.27. The molecule has 1 N–H and O–H groups in total. The van der Waals surface area contributed by atoms with Crippen molar-refractivity contribution in [2.75, 3.05) is 0 Å². The zero-order valence-corrected chi connectivity index (χ0v) is 8.38. The van der Waals surface area contributed by atoms with E-state index in [1.54, 1.807) is 0 Å². The number of carbonyl (C=O) groups is 1. The first-order valence-electron chi connectivity index (χ1n) is 5.27. The molecule has 1 rings (SSSR count). The Morgan fingerprint density at radius 3 is 2.62 bits per heavy atom. The molecular formula is C11H19NO. The van der Waals surface area contributed by atoms with Crippen molar-refractivity contribution in [3.63, 3.8) is 0 Å². The predicted molar refractivity (Wildman–Crippen MR) is 54.4 cm³/mol. The Labute approximate surface area is 80.4 Å². The molecule has 1 aliphatic carbocycles. The van der Waals surface area contributed by atoms with Gasteiger partial charge in [0.15, 0.2) is 0 Å². The lowest BCUT2D eigenvalue weighted by Gasteiger charge is -2.21. The topological polar surface area (TPSA) is 29.1 Å². The highest BCUT2D eigenvalue weighted by Gasteiger charge is 2.10. The zero-order valence-electron chi connectivity index (χ0n) is 8.38. The summed E-state index contributed by atoms with van der Waals surface area (Å²) in [7, 11) is 0. The van der Waals surface area contributed by atoms with Gasteiger partial charge in [-0.25, -0.2) is 0 Å². The van der Waals surface area contributed by atoms with Crippen LogP contribution in [0.3, 0.4) is 0 Å². The van der Waals surface area contributed by atoms with Gasteiger partial charge < -0.3 is 5.32 Å². The standard InChI is InChI=1S/C11H19NO/c1-2-10(9-13)8-12-11-6-4-3-5-7-11/h8-9,11-12H,2-7H2,1H3/b10-8+. The van der Waals surface area contributed by atoms with Crippen LogP contribution in [0.15, 0.2) is 11.8 Å². The van der Waals surface area contributed by atoms with E-state index in [9.17, 15) is 4.79 Å². The number of hydrogen-bond donors (Lipinski definition) is 1. The van der Waals surface area contributed by atoms with Crippen molar-refractivity contribution in [3.8, 4) is 0 Å². The lowest BCUT2D eigenvalue weighted by Crippen LogP contribution is -2.26. The van der Waals surface area contributed by atoms with Crippen molar-refractivity contribution in [2.45, 2.75) is 51.5 Å². The highest BCUT2D eigenvalue weighted by atomic mass is 16.1. The Balaban J connectivity index is 2.30. The molecule has 0 aromatic rings. The third-order valence-corrected chi connectivity index (χ3v) is 2.67. The molecule has 0 aromatic carbocycles. The molecule has 0 unspecified atom stereocenters. The Morgan fingerprint density at radius 2 is 2.08 bits per heavy atom. The number of aldehydes is 1. The van der Waals surface area contributed by atoms with Crippen molar-refractivity contribution in [3.05, 3.63) is 11.8 Å². The number of nitrogens with one attached hydrogen (secondary N) is 1. The van der Waals surface area contributed by atoms with Crippen molar-refractivity contribution in [2.24, 2.45) is 0 Å². The monoisotopic (exact) mass is 181 g/mol. The van der Waals surface area contributed by atoms with Gasteiger partial charge in [0.05, 0.1) is 0 Å². The van der Waals surface area contributed by atoms with Gasteiger partial charge in [0.1, 0.15) is 6.29 Å². The second-order valence-corrected chi connectivity index (χ2v) is 3.69. The molecule has 0 amide bonds. The second kappa shape index (κ2) is 5.79. The third-order valence-electron chi connectivity index (χ3n) is 2.67. The van der Waals surface area contributed by atoms with E-state index >= 15 is 0 Å². The van der Waals surface area contributed by atoms with E-state index < -0.39 is 0 Å². The van der Waals surface area contributed by atoms with Crippen LogP contribution in [-0.4, -0.2) is 12.3 Å². The average Bonchev–Trinajstić information content (AvgIpc) is 2.21. The fourth-order valence-electron chi connectivity index (χ4n) is 1.71. The van der Waals surface area contributed by atoms with E-state index in [-0.39, 0.29) is 0 Å². The van der Waals surface area contributed by atoms with E-state index in [0.717, 1.165) is 18.3 Å². The summed E-state index contributed by atoms with van der Waals surface area (Å²) in [4.78, 5) is 10.5. The summed E-state index contributed by atoms with van der Waals surface area (Å²) in [6.45, 7) is 2.00. The maximum atomic E-state index is 10.5. The quantitative estimate of drug-likeness (QED) is 0.533. The van der Waals surface area contributed by atoms with Gasteiger partial charge in [-0.2, -0.15) is 0 Å². The summed E-state index contributed by atoms with van der Waals surface area (Å²) in [5.41, 5.74) is 0.866. The Morgan fingerprint density at radius 1 is 1.38 bits per heavy atom. The molecule has 0 spiro atoms. The van der Waals surface area contributed by atoms with Crippen LogP contribution in [-0.2, 0) is 4.79 Å². The van der Waals surface area contributed by atoms with Crippen LogP contribution in [0.4, 0.5) is 0 Å². The van der Waals surface area contributed by atoms with Crippen molar-refractivity contribution in [1.29, 1.82) is 0 Å². The molecule has 13 heavy (non-hydrogen) atoms. The lowest BCUT2D eigenvalue weighted by molar-refractivity contribution is -0.105. The SMILES string of the molecule is CC/C(C=O)=C\NC1CCCCC1. The molecule has 0 aliphatic heterocycles. The smallest absolute Gasteiger partial charge is 0.147 e. The molecule has 0 radical (unpaired) electrons. The predicted octanol–water partition coefficient (Wildman–Crippen LogP) is 2.40. The minimum Gasteiger partial charge on any atom is -0.388 e. The summed E-state index contributed by atoms with van der Waals surface area (Å²) in [5, 5.41) is 3.33. The molecule has 1 saturated carbocycles. The number of rotatable bonds is 4. The number of allylic oxidation sites excluding steroid dienone is 1. The Hall–Kier alpha value is -0.790. The number of hydrogen-bond acceptors (Lipinski definition) is 2. The van der Waals surface area contributed by atoms with Crippen LogP contribution >= 0.6 is 0 Å². The van der Waals surface area contributed by atoms with E-state index in [4.69, 9.17) is 0 Å². The van der Waals surface area contributed by atoms with Crippen LogP contribution in [0, 0.1) is 0 Å². The van der Waals surface area contributed by atoms with Crippen LogP contribution in [0.2, 0.25) is 0 Å². The largest absolute Gasteiger partial charge is 0.388 e. The molecule has 0 saturated heterocycles. The lowest BCUT2D eigenvalue weighted by atomic mass is 9.96. The van der Waals surface area contributed by atoms with Gasteiger partial charge in [-0.15, -0.1) is 0 Å². The first-order chi connectivity index (χ1) is 6.36. The minimum atomic E-state index is 0.607. The van der Waals surface area contributed by atoms with E-state index in [1.807, 2.05) is 13.1 Å². The normalized spacial score (nSPS) is 19.9. The zero-order chi connectivity index (χ0) is 9.52. The van der Waals surface area contributed by atoms with Crippen LogP contribution in [0.5, 0.6) is 0 Å². The van der Waals surface area contributed by atoms with Gasteiger partial charge in [0.2, 0.25) is 0 Å². The fourth-order valence-corrected chi connectivity index (χ4v) is 1.71. The van der Waals surface area contributed by atoms with Gasteiger partial charge in [-0.05, 0) is 19.3 Å². The molecule has 2 heteroatoms. The van der Waals surface area contributed by atoms with E-state index in [1.165, 1.54) is 32.1 Å². The van der Waals surface area contributed by atoms with Crippen LogP contribution < -0.4 is 5.32 Å². The molecule has 0 atom stereocenters. The second-order valence-electron chi connectivity index (χ2n) is 3.69. The molecule has 74 valence electrons. The fraction of sp³-hybridized carbons (Fsp3) is 0.727. The molecule has 0 heterocycles. The maximum absolute atomic E-state index is 10.5. The molecule has 0 aromatic heterocycles. The summed E-state index contributed by atoms with van der Waals surface area (Å²) < 4.78 is 0. The molecular weight excluding hydrogens is 162 g/mol. The average molecular weight is 181 g/mol. The van der Waals surface area contributed by atoms with Crippen molar-refractivity contribution >= 4 is 6.29 Å². The van der Waals surface area contributed by atoms with Gasteiger partial charge in [0.25, 0.3) is 0 Å². The third kappa shape index (κ3) is 3.62. The van der Waals surface area contributed by atoms with Crippen LogP contribution in [0.25, 0.3) is 0 Å². The van der Waals surface area contributed by atoms with Gasteiger partial charge in [-0.3, -0.25) is 4.79 Å². The first kappa shape index (κ1) is 10.3.